The van der Waals surface area contributed by atoms with E-state index in [-0.39, 0.29) is 0 Å². The van der Waals surface area contributed by atoms with E-state index in [1.165, 1.54) is 62.6 Å². The molecule has 0 saturated heterocycles. The number of nitrogens with zero attached hydrogens (tertiary/aromatic N) is 1. The Hall–Kier alpha value is -1.61. The minimum atomic E-state index is 0.839. The summed E-state index contributed by atoms with van der Waals surface area (Å²) in [5.74, 6) is 0. The topological polar surface area (TPSA) is 55.9 Å². The van der Waals surface area contributed by atoms with Crippen LogP contribution in [0.2, 0.25) is 0 Å². The van der Waals surface area contributed by atoms with E-state index in [9.17, 15) is 0 Å². The summed E-state index contributed by atoms with van der Waals surface area (Å²) in [6, 6.07) is 10.5. The number of benzene rings is 1. The van der Waals surface area contributed by atoms with Gasteiger partial charge in [-0.2, -0.15) is 4.57 Å². The Balaban J connectivity index is 1.79. The zero-order valence-electron chi connectivity index (χ0n) is 14.6. The van der Waals surface area contributed by atoms with Crippen LogP contribution >= 0.6 is 0 Å². The van der Waals surface area contributed by atoms with Crippen LogP contribution in [0.4, 0.5) is 5.69 Å². The zero-order chi connectivity index (χ0) is 16.5. The molecule has 0 spiro atoms. The van der Waals surface area contributed by atoms with Crippen molar-refractivity contribution in [3.63, 3.8) is 0 Å². The highest BCUT2D eigenvalue weighted by atomic mass is 15.0. The molecule has 0 radical (unpaired) electrons. The summed E-state index contributed by atoms with van der Waals surface area (Å²) in [4.78, 5) is 0. The molecule has 1 heterocycles. The van der Waals surface area contributed by atoms with Crippen LogP contribution in [-0.4, -0.2) is 6.54 Å². The maximum atomic E-state index is 6.15. The molecular formula is C20H32N3+. The van der Waals surface area contributed by atoms with Crippen molar-refractivity contribution in [1.29, 1.82) is 0 Å². The number of para-hydroxylation sites is 1. The normalized spacial score (nSPS) is 11.2. The van der Waals surface area contributed by atoms with Crippen LogP contribution in [0.3, 0.4) is 0 Å². The predicted octanol–water partition coefficient (Wildman–Crippen LogP) is 4.10. The molecular weight excluding hydrogens is 282 g/mol. The van der Waals surface area contributed by atoms with Gasteiger partial charge in [0.15, 0.2) is 5.69 Å². The van der Waals surface area contributed by atoms with Gasteiger partial charge in [-0.3, -0.25) is 0 Å². The van der Waals surface area contributed by atoms with Crippen LogP contribution in [0.5, 0.6) is 0 Å². The summed E-state index contributed by atoms with van der Waals surface area (Å²) in [5, 5.41) is 1.16. The summed E-state index contributed by atoms with van der Waals surface area (Å²) in [5.41, 5.74) is 15.1. The lowest BCUT2D eigenvalue weighted by Crippen LogP contribution is -2.38. The first-order valence-corrected chi connectivity index (χ1v) is 9.12. The van der Waals surface area contributed by atoms with Crippen LogP contribution in [0.15, 0.2) is 30.3 Å². The Morgan fingerprint density at radius 1 is 0.870 bits per heavy atom. The molecule has 0 aliphatic rings. The lowest BCUT2D eigenvalue weighted by atomic mass is 10.1. The maximum Gasteiger partial charge on any atom is 0.214 e. The van der Waals surface area contributed by atoms with Crippen LogP contribution in [0.25, 0.3) is 10.9 Å². The molecule has 126 valence electrons. The fourth-order valence-electron chi connectivity index (χ4n) is 3.30. The van der Waals surface area contributed by atoms with E-state index in [0.717, 1.165) is 24.2 Å². The second-order valence-corrected chi connectivity index (χ2v) is 6.53. The highest BCUT2D eigenvalue weighted by molar-refractivity contribution is 5.87. The standard InChI is InChI=1S/C20H31N3/c1-17-16-19(22)18-12-8-9-13-20(18)23(17)15-11-7-5-3-2-4-6-10-14-21/h8-9,12-13,16,22H,2-7,10-11,14-15,21H2,1H3/p+1. The molecule has 0 bridgehead atoms. The Kier molecular flexibility index (Phi) is 7.34. The lowest BCUT2D eigenvalue weighted by Gasteiger charge is -2.07. The van der Waals surface area contributed by atoms with Crippen molar-refractivity contribution in [2.45, 2.75) is 64.8 Å². The highest BCUT2D eigenvalue weighted by Gasteiger charge is 2.14. The van der Waals surface area contributed by atoms with E-state index in [1.54, 1.807) is 0 Å². The Bertz CT molecular complexity index is 607. The van der Waals surface area contributed by atoms with E-state index < -0.39 is 0 Å². The van der Waals surface area contributed by atoms with Gasteiger partial charge >= 0.3 is 0 Å². The molecule has 2 rings (SSSR count). The molecule has 0 aliphatic heterocycles. The monoisotopic (exact) mass is 314 g/mol. The molecule has 23 heavy (non-hydrogen) atoms. The molecule has 0 fully saturated rings. The Morgan fingerprint density at radius 3 is 2.17 bits per heavy atom. The molecule has 1 aromatic heterocycles. The molecule has 0 saturated carbocycles. The number of unbranched alkanes of at least 4 members (excludes halogenated alkanes) is 7. The minimum Gasteiger partial charge on any atom is -0.398 e. The number of hydrogen-bond donors (Lipinski definition) is 2. The summed E-state index contributed by atoms with van der Waals surface area (Å²) in [6.07, 6.45) is 10.4. The van der Waals surface area contributed by atoms with Crippen LogP contribution < -0.4 is 16.0 Å². The third kappa shape index (κ3) is 5.21. The maximum absolute atomic E-state index is 6.15. The molecule has 0 unspecified atom stereocenters. The van der Waals surface area contributed by atoms with Crippen LogP contribution in [0, 0.1) is 6.92 Å². The van der Waals surface area contributed by atoms with Crippen LogP contribution in [0.1, 0.15) is 57.1 Å². The fraction of sp³-hybridized carbons (Fsp3) is 0.550. The average Bonchev–Trinajstić information content (AvgIpc) is 2.56. The predicted molar refractivity (Wildman–Crippen MR) is 99.3 cm³/mol. The van der Waals surface area contributed by atoms with Crippen LogP contribution in [-0.2, 0) is 6.54 Å². The fourth-order valence-corrected chi connectivity index (χ4v) is 3.30. The average molecular weight is 314 g/mol. The van der Waals surface area contributed by atoms with E-state index in [2.05, 4.69) is 41.8 Å². The molecule has 2 aromatic rings. The Morgan fingerprint density at radius 2 is 1.48 bits per heavy atom. The van der Waals surface area contributed by atoms with Gasteiger partial charge in [0.25, 0.3) is 0 Å². The largest absolute Gasteiger partial charge is 0.398 e. The van der Waals surface area contributed by atoms with Crippen molar-refractivity contribution < 1.29 is 4.57 Å². The van der Waals surface area contributed by atoms with Gasteiger partial charge in [-0.1, -0.05) is 44.2 Å². The third-order valence-electron chi connectivity index (χ3n) is 4.63. The third-order valence-corrected chi connectivity index (χ3v) is 4.63. The number of aromatic nitrogens is 1. The smallest absolute Gasteiger partial charge is 0.214 e. The molecule has 0 aliphatic carbocycles. The van der Waals surface area contributed by atoms with Gasteiger partial charge in [0, 0.05) is 25.5 Å². The summed E-state index contributed by atoms with van der Waals surface area (Å²) >= 11 is 0. The van der Waals surface area contributed by atoms with E-state index in [0.29, 0.717) is 0 Å². The minimum absolute atomic E-state index is 0.839. The SMILES string of the molecule is Cc1cc(N)c2ccccc2[n+]1CCCCCCCCCCN. The van der Waals surface area contributed by atoms with Gasteiger partial charge < -0.3 is 11.5 Å². The van der Waals surface area contributed by atoms with Gasteiger partial charge in [0.1, 0.15) is 6.54 Å². The van der Waals surface area contributed by atoms with E-state index in [4.69, 9.17) is 11.5 Å². The van der Waals surface area contributed by atoms with Crippen molar-refractivity contribution in [2.75, 3.05) is 12.3 Å². The summed E-state index contributed by atoms with van der Waals surface area (Å²) in [7, 11) is 0. The number of fused-ring (bicyclic) bond motifs is 1. The number of rotatable bonds is 10. The second-order valence-electron chi connectivity index (χ2n) is 6.53. The van der Waals surface area contributed by atoms with Crippen molar-refractivity contribution in [2.24, 2.45) is 5.73 Å². The lowest BCUT2D eigenvalue weighted by molar-refractivity contribution is -0.677. The zero-order valence-corrected chi connectivity index (χ0v) is 14.6. The molecule has 1 aromatic carbocycles. The number of aryl methyl sites for hydroxylation is 2. The number of hydrogen-bond acceptors (Lipinski definition) is 2. The van der Waals surface area contributed by atoms with Gasteiger partial charge in [-0.15, -0.1) is 0 Å². The molecule has 4 N–H and O–H groups in total. The molecule has 3 heteroatoms. The van der Waals surface area contributed by atoms with Gasteiger partial charge in [0.05, 0.1) is 11.1 Å². The number of anilines is 1. The number of nitrogens with two attached hydrogens (primary N) is 2. The molecule has 0 atom stereocenters. The highest BCUT2D eigenvalue weighted by Crippen LogP contribution is 2.19. The summed E-state index contributed by atoms with van der Waals surface area (Å²) in [6.45, 7) is 4.08. The van der Waals surface area contributed by atoms with Gasteiger partial charge in [-0.05, 0) is 25.5 Å². The first-order chi connectivity index (χ1) is 11.2. The van der Waals surface area contributed by atoms with E-state index in [1.807, 2.05) is 0 Å². The Labute approximate surface area is 140 Å². The van der Waals surface area contributed by atoms with E-state index >= 15 is 0 Å². The van der Waals surface area contributed by atoms with Crippen molar-refractivity contribution >= 4 is 16.6 Å². The number of nitrogen functional groups attached to an aromatic ring is 1. The molecule has 0 amide bonds. The summed E-state index contributed by atoms with van der Waals surface area (Å²) < 4.78 is 2.41. The van der Waals surface area contributed by atoms with Crippen molar-refractivity contribution in [3.8, 4) is 0 Å². The first kappa shape index (κ1) is 17.7. The van der Waals surface area contributed by atoms with Crippen molar-refractivity contribution in [1.82, 2.24) is 0 Å². The number of pyridine rings is 1. The van der Waals surface area contributed by atoms with Gasteiger partial charge in [-0.25, -0.2) is 0 Å². The second kappa shape index (κ2) is 9.51. The first-order valence-electron chi connectivity index (χ1n) is 9.12. The molecule has 3 nitrogen and oxygen atoms in total. The van der Waals surface area contributed by atoms with Crippen molar-refractivity contribution in [3.05, 3.63) is 36.0 Å². The quantitative estimate of drug-likeness (QED) is 0.512. The van der Waals surface area contributed by atoms with Gasteiger partial charge in [0.2, 0.25) is 5.52 Å².